The molecule has 2 unspecified atom stereocenters. The smallest absolute Gasteiger partial charge is 0.450 e. The van der Waals surface area contributed by atoms with Gasteiger partial charge in [0.1, 0.15) is 12.2 Å². The Morgan fingerprint density at radius 1 is 0.800 bits per heavy atom. The van der Waals surface area contributed by atoms with Gasteiger partial charge in [0.25, 0.3) is 0 Å². The largest absolute Gasteiger partial charge is 0.506 e. The van der Waals surface area contributed by atoms with Gasteiger partial charge in [-0.3, -0.25) is 0 Å². The van der Waals surface area contributed by atoms with Crippen LogP contribution in [-0.4, -0.2) is 34.7 Å². The summed E-state index contributed by atoms with van der Waals surface area (Å²) in [4.78, 5) is 21.5. The summed E-state index contributed by atoms with van der Waals surface area (Å²) in [7, 11) is 0. The van der Waals surface area contributed by atoms with Gasteiger partial charge in [0, 0.05) is 0 Å². The van der Waals surface area contributed by atoms with Crippen LogP contribution in [0.15, 0.2) is 12.2 Å². The summed E-state index contributed by atoms with van der Waals surface area (Å²) < 4.78 is 9.63. The summed E-state index contributed by atoms with van der Waals surface area (Å²) in [6, 6.07) is 0. The Balaban J connectivity index is 2.69. The first-order valence-electron chi connectivity index (χ1n) is 7.03. The Morgan fingerprint density at radius 3 is 1.85 bits per heavy atom. The van der Waals surface area contributed by atoms with Crippen LogP contribution in [0.1, 0.15) is 51.4 Å². The quantitative estimate of drug-likeness (QED) is 0.592. The molecule has 20 heavy (non-hydrogen) atoms. The molecular formula is C14H22O6. The number of hydrogen-bond acceptors (Lipinski definition) is 4. The van der Waals surface area contributed by atoms with E-state index in [1.165, 1.54) is 0 Å². The van der Waals surface area contributed by atoms with Gasteiger partial charge in [0.05, 0.1) is 0 Å². The maximum Gasteiger partial charge on any atom is 0.506 e. The Morgan fingerprint density at radius 2 is 1.30 bits per heavy atom. The molecule has 6 heteroatoms. The van der Waals surface area contributed by atoms with Crippen LogP contribution >= 0.6 is 0 Å². The van der Waals surface area contributed by atoms with E-state index in [4.69, 9.17) is 19.7 Å². The van der Waals surface area contributed by atoms with Crippen LogP contribution in [0.2, 0.25) is 0 Å². The molecule has 1 aliphatic rings. The molecule has 0 aromatic rings. The number of rotatable bonds is 2. The van der Waals surface area contributed by atoms with Crippen molar-refractivity contribution in [2.45, 2.75) is 63.6 Å². The van der Waals surface area contributed by atoms with E-state index in [-0.39, 0.29) is 0 Å². The van der Waals surface area contributed by atoms with E-state index >= 15 is 0 Å². The molecule has 2 atom stereocenters. The van der Waals surface area contributed by atoms with E-state index in [1.807, 2.05) is 0 Å². The van der Waals surface area contributed by atoms with Crippen molar-refractivity contribution < 1.29 is 29.3 Å². The number of ether oxygens (including phenoxy) is 2. The van der Waals surface area contributed by atoms with Gasteiger partial charge in [-0.25, -0.2) is 9.59 Å². The van der Waals surface area contributed by atoms with Crippen molar-refractivity contribution in [2.75, 3.05) is 0 Å². The highest BCUT2D eigenvalue weighted by Gasteiger charge is 2.28. The van der Waals surface area contributed by atoms with Gasteiger partial charge in [0.15, 0.2) is 0 Å². The summed E-state index contributed by atoms with van der Waals surface area (Å²) >= 11 is 0. The van der Waals surface area contributed by atoms with E-state index in [9.17, 15) is 9.59 Å². The zero-order valence-electron chi connectivity index (χ0n) is 11.5. The van der Waals surface area contributed by atoms with Crippen LogP contribution < -0.4 is 0 Å². The fraction of sp³-hybridized carbons (Fsp3) is 0.714. The summed E-state index contributed by atoms with van der Waals surface area (Å²) in [5.74, 6) is 0. The molecule has 0 spiro atoms. The molecule has 0 aromatic heterocycles. The second-order valence-corrected chi connectivity index (χ2v) is 4.88. The highest BCUT2D eigenvalue weighted by molar-refractivity contribution is 5.58. The lowest BCUT2D eigenvalue weighted by Crippen LogP contribution is -2.35. The average molecular weight is 286 g/mol. The number of carboxylic acid groups (broad SMARTS) is 2. The lowest BCUT2D eigenvalue weighted by Gasteiger charge is -2.25. The molecule has 6 nitrogen and oxygen atoms in total. The summed E-state index contributed by atoms with van der Waals surface area (Å²) in [6.45, 7) is 0. The molecular weight excluding hydrogens is 264 g/mol. The lowest BCUT2D eigenvalue weighted by atomic mass is 9.99. The van der Waals surface area contributed by atoms with Gasteiger partial charge < -0.3 is 19.7 Å². The molecule has 1 rings (SSSR count). The van der Waals surface area contributed by atoms with E-state index in [2.05, 4.69) is 12.2 Å². The topological polar surface area (TPSA) is 93.1 Å². The van der Waals surface area contributed by atoms with Crippen molar-refractivity contribution in [2.24, 2.45) is 0 Å². The van der Waals surface area contributed by atoms with E-state index in [1.54, 1.807) is 0 Å². The van der Waals surface area contributed by atoms with Crippen molar-refractivity contribution in [1.29, 1.82) is 0 Å². The fourth-order valence-corrected chi connectivity index (χ4v) is 2.36. The van der Waals surface area contributed by atoms with Crippen molar-refractivity contribution in [1.82, 2.24) is 0 Å². The van der Waals surface area contributed by atoms with Gasteiger partial charge in [-0.2, -0.15) is 0 Å². The van der Waals surface area contributed by atoms with Crippen LogP contribution in [0.4, 0.5) is 9.59 Å². The van der Waals surface area contributed by atoms with Crippen molar-refractivity contribution >= 4 is 12.3 Å². The maximum absolute atomic E-state index is 10.7. The highest BCUT2D eigenvalue weighted by Crippen LogP contribution is 2.20. The lowest BCUT2D eigenvalue weighted by molar-refractivity contribution is -0.0473. The van der Waals surface area contributed by atoms with Crippen molar-refractivity contribution in [3.05, 3.63) is 12.2 Å². The average Bonchev–Trinajstić information content (AvgIpc) is 2.35. The molecule has 2 N–H and O–H groups in total. The first kappa shape index (κ1) is 16.3. The number of hydrogen-bond donors (Lipinski definition) is 2. The second-order valence-electron chi connectivity index (χ2n) is 4.88. The number of carbonyl (C=O) groups is 2. The Kier molecular flexibility index (Phi) is 7.54. The molecule has 0 bridgehead atoms. The minimum atomic E-state index is -1.39. The van der Waals surface area contributed by atoms with Crippen LogP contribution in [-0.2, 0) is 9.47 Å². The molecule has 0 heterocycles. The normalized spacial score (nSPS) is 26.6. The second kappa shape index (κ2) is 9.23. The predicted molar refractivity (Wildman–Crippen MR) is 71.9 cm³/mol. The van der Waals surface area contributed by atoms with Gasteiger partial charge in [-0.1, -0.05) is 18.6 Å². The Bertz CT molecular complexity index is 339. The van der Waals surface area contributed by atoms with E-state index in [0.717, 1.165) is 38.5 Å². The fourth-order valence-electron chi connectivity index (χ4n) is 2.36. The molecule has 0 saturated heterocycles. The third kappa shape index (κ3) is 7.01. The monoisotopic (exact) mass is 286 g/mol. The van der Waals surface area contributed by atoms with Crippen LogP contribution in [0.25, 0.3) is 0 Å². The third-order valence-corrected chi connectivity index (χ3v) is 3.30. The van der Waals surface area contributed by atoms with Gasteiger partial charge in [-0.15, -0.1) is 0 Å². The first-order valence-corrected chi connectivity index (χ1v) is 7.03. The van der Waals surface area contributed by atoms with Crippen LogP contribution in [0, 0.1) is 0 Å². The van der Waals surface area contributed by atoms with Gasteiger partial charge in [0.2, 0.25) is 0 Å². The zero-order chi connectivity index (χ0) is 14.8. The molecule has 0 radical (unpaired) electrons. The maximum atomic E-state index is 10.7. The summed E-state index contributed by atoms with van der Waals surface area (Å²) in [5, 5.41) is 17.5. The summed E-state index contributed by atoms with van der Waals surface area (Å²) in [6.07, 6.45) is 6.36. The Labute approximate surface area is 118 Å². The Hall–Kier alpha value is -1.72. The first-order chi connectivity index (χ1) is 9.59. The third-order valence-electron chi connectivity index (χ3n) is 3.30. The molecule has 114 valence electrons. The van der Waals surface area contributed by atoms with Crippen molar-refractivity contribution in [3.8, 4) is 0 Å². The van der Waals surface area contributed by atoms with Gasteiger partial charge >= 0.3 is 12.3 Å². The van der Waals surface area contributed by atoms with Crippen molar-refractivity contribution in [3.63, 3.8) is 0 Å². The molecule has 0 fully saturated rings. The minimum Gasteiger partial charge on any atom is -0.450 e. The highest BCUT2D eigenvalue weighted by atomic mass is 16.7. The zero-order valence-corrected chi connectivity index (χ0v) is 11.5. The van der Waals surface area contributed by atoms with Crippen LogP contribution in [0.5, 0.6) is 0 Å². The standard InChI is InChI=1S/C14H22O6/c15-13(16)19-11-9-7-5-3-1-2-4-6-8-10-12(11)20-14(17)18/h1,3,11-12H,2,4-10H2,(H,15,16)(H,17,18)/b3-1-. The molecule has 0 aliphatic heterocycles. The van der Waals surface area contributed by atoms with E-state index < -0.39 is 24.5 Å². The summed E-state index contributed by atoms with van der Waals surface area (Å²) in [5.41, 5.74) is 0. The number of allylic oxidation sites excluding steroid dienone is 2. The molecule has 0 amide bonds. The van der Waals surface area contributed by atoms with Gasteiger partial charge in [-0.05, 0) is 44.9 Å². The van der Waals surface area contributed by atoms with E-state index in [0.29, 0.717) is 12.8 Å². The predicted octanol–water partition coefficient (Wildman–Crippen LogP) is 3.80. The molecule has 0 saturated carbocycles. The SMILES string of the molecule is O=C(O)OC1CCC/C=C\CCCCCC1OC(=O)O. The minimum absolute atomic E-state index is 0.467. The molecule has 0 aromatic carbocycles. The van der Waals surface area contributed by atoms with Crippen LogP contribution in [0.3, 0.4) is 0 Å². The molecule has 1 aliphatic carbocycles.